The number of nitrogens with zero attached hydrogens (tertiary/aromatic N) is 1. The van der Waals surface area contributed by atoms with Crippen LogP contribution in [0, 0.1) is 5.92 Å². The molecule has 1 aliphatic heterocycles. The van der Waals surface area contributed by atoms with Gasteiger partial charge in [0.1, 0.15) is 0 Å². The van der Waals surface area contributed by atoms with E-state index in [1.165, 1.54) is 0 Å². The molecule has 5 heteroatoms. The molecule has 0 aliphatic carbocycles. The Balaban J connectivity index is 2.23. The van der Waals surface area contributed by atoms with E-state index < -0.39 is 5.97 Å². The fraction of sp³-hybridized carbons (Fsp3) is 0.462. The average Bonchev–Trinajstić information content (AvgIpc) is 2.77. The lowest BCUT2D eigenvalue weighted by Gasteiger charge is -2.21. The lowest BCUT2D eigenvalue weighted by atomic mass is 10.1. The molecular formula is C13H16ClNO3. The minimum atomic E-state index is -0.920. The number of methoxy groups -OCH3 is 1. The molecule has 0 spiro atoms. The van der Waals surface area contributed by atoms with Crippen LogP contribution in [0.1, 0.15) is 16.8 Å². The van der Waals surface area contributed by atoms with Crippen molar-refractivity contribution < 1.29 is 14.6 Å². The normalized spacial score (nSPS) is 19.2. The molecule has 1 heterocycles. The van der Waals surface area contributed by atoms with Crippen LogP contribution in [0.25, 0.3) is 0 Å². The monoisotopic (exact) mass is 269 g/mol. The van der Waals surface area contributed by atoms with Gasteiger partial charge in [0.05, 0.1) is 17.9 Å². The molecule has 0 bridgehead atoms. The van der Waals surface area contributed by atoms with E-state index in [9.17, 15) is 9.90 Å². The van der Waals surface area contributed by atoms with Gasteiger partial charge in [0.15, 0.2) is 0 Å². The zero-order chi connectivity index (χ0) is 13.1. The first-order chi connectivity index (χ1) is 8.61. The molecule has 1 saturated heterocycles. The summed E-state index contributed by atoms with van der Waals surface area (Å²) >= 11 is 5.95. The van der Waals surface area contributed by atoms with Crippen LogP contribution in [-0.4, -0.2) is 37.9 Å². The summed E-state index contributed by atoms with van der Waals surface area (Å²) in [5.41, 5.74) is 1.01. The van der Waals surface area contributed by atoms with Crippen LogP contribution in [0.4, 0.5) is 5.69 Å². The van der Waals surface area contributed by atoms with Crippen LogP contribution < -0.4 is 4.90 Å². The summed E-state index contributed by atoms with van der Waals surface area (Å²) < 4.78 is 5.14. The third kappa shape index (κ3) is 2.76. The average molecular weight is 270 g/mol. The molecule has 1 N–H and O–H groups in total. The van der Waals surface area contributed by atoms with Crippen molar-refractivity contribution in [1.82, 2.24) is 0 Å². The Labute approximate surface area is 111 Å². The molecule has 2 rings (SSSR count). The van der Waals surface area contributed by atoms with E-state index >= 15 is 0 Å². The summed E-state index contributed by atoms with van der Waals surface area (Å²) in [7, 11) is 1.69. The molecule has 18 heavy (non-hydrogen) atoms. The number of carboxylic acids is 1. The van der Waals surface area contributed by atoms with E-state index in [4.69, 9.17) is 16.3 Å². The van der Waals surface area contributed by atoms with Crippen molar-refractivity contribution in [3.63, 3.8) is 0 Å². The zero-order valence-corrected chi connectivity index (χ0v) is 11.0. The van der Waals surface area contributed by atoms with E-state index in [2.05, 4.69) is 4.90 Å². The van der Waals surface area contributed by atoms with E-state index in [1.807, 2.05) is 0 Å². The first-order valence-electron chi connectivity index (χ1n) is 5.88. The first kappa shape index (κ1) is 13.2. The molecular weight excluding hydrogens is 254 g/mol. The SMILES string of the molecule is COCC1CCN(c2cc(Cl)ccc2C(=O)O)C1. The lowest BCUT2D eigenvalue weighted by molar-refractivity contribution is 0.0697. The molecule has 1 aromatic rings. The van der Waals surface area contributed by atoms with Gasteiger partial charge in [-0.05, 0) is 24.6 Å². The van der Waals surface area contributed by atoms with E-state index in [1.54, 1.807) is 25.3 Å². The maximum atomic E-state index is 11.2. The number of aromatic carboxylic acids is 1. The van der Waals surface area contributed by atoms with E-state index in [-0.39, 0.29) is 0 Å². The molecule has 0 saturated carbocycles. The van der Waals surface area contributed by atoms with Gasteiger partial charge in [-0.25, -0.2) is 4.79 Å². The van der Waals surface area contributed by atoms with Crippen LogP contribution in [-0.2, 0) is 4.74 Å². The number of hydrogen-bond acceptors (Lipinski definition) is 3. The van der Waals surface area contributed by atoms with E-state index in [0.717, 1.165) is 19.5 Å². The van der Waals surface area contributed by atoms with Crippen LogP contribution in [0.5, 0.6) is 0 Å². The van der Waals surface area contributed by atoms with Gasteiger partial charge in [0.25, 0.3) is 0 Å². The highest BCUT2D eigenvalue weighted by molar-refractivity contribution is 6.31. The van der Waals surface area contributed by atoms with Crippen molar-refractivity contribution in [3.05, 3.63) is 28.8 Å². The molecule has 0 aromatic heterocycles. The van der Waals surface area contributed by atoms with Gasteiger partial charge in [0, 0.05) is 31.1 Å². The lowest BCUT2D eigenvalue weighted by Crippen LogP contribution is -2.23. The second-order valence-electron chi connectivity index (χ2n) is 4.52. The smallest absolute Gasteiger partial charge is 0.337 e. The third-order valence-electron chi connectivity index (χ3n) is 3.22. The molecule has 0 amide bonds. The fourth-order valence-electron chi connectivity index (χ4n) is 2.37. The standard InChI is InChI=1S/C13H16ClNO3/c1-18-8-9-4-5-15(7-9)12-6-10(14)2-3-11(12)13(16)17/h2-3,6,9H,4-5,7-8H2,1H3,(H,16,17). The van der Waals surface area contributed by atoms with Gasteiger partial charge in [-0.1, -0.05) is 11.6 Å². The second kappa shape index (κ2) is 5.59. The Hall–Kier alpha value is -1.26. The summed E-state index contributed by atoms with van der Waals surface area (Å²) in [6, 6.07) is 4.89. The van der Waals surface area contributed by atoms with Gasteiger partial charge >= 0.3 is 5.97 Å². The molecule has 1 fully saturated rings. The number of benzene rings is 1. The molecule has 1 atom stereocenters. The van der Waals surface area contributed by atoms with Gasteiger partial charge in [0.2, 0.25) is 0 Å². The first-order valence-corrected chi connectivity index (χ1v) is 6.26. The van der Waals surface area contributed by atoms with Crippen molar-refractivity contribution in [2.24, 2.45) is 5.92 Å². The number of hydrogen-bond donors (Lipinski definition) is 1. The Morgan fingerprint density at radius 3 is 3.06 bits per heavy atom. The Morgan fingerprint density at radius 1 is 1.61 bits per heavy atom. The third-order valence-corrected chi connectivity index (χ3v) is 3.45. The highest BCUT2D eigenvalue weighted by Gasteiger charge is 2.25. The fourth-order valence-corrected chi connectivity index (χ4v) is 2.54. The van der Waals surface area contributed by atoms with Gasteiger partial charge in [-0.2, -0.15) is 0 Å². The van der Waals surface area contributed by atoms with E-state index in [0.29, 0.717) is 28.8 Å². The van der Waals surface area contributed by atoms with Crippen molar-refractivity contribution in [3.8, 4) is 0 Å². The summed E-state index contributed by atoms with van der Waals surface area (Å²) in [5.74, 6) is -0.465. The number of halogens is 1. The van der Waals surface area contributed by atoms with Gasteiger partial charge in [-0.15, -0.1) is 0 Å². The summed E-state index contributed by atoms with van der Waals surface area (Å²) in [6.07, 6.45) is 1.01. The number of ether oxygens (including phenoxy) is 1. The summed E-state index contributed by atoms with van der Waals surface area (Å²) in [6.45, 7) is 2.36. The van der Waals surface area contributed by atoms with Gasteiger partial charge in [-0.3, -0.25) is 0 Å². The van der Waals surface area contributed by atoms with Crippen molar-refractivity contribution in [2.75, 3.05) is 31.7 Å². The second-order valence-corrected chi connectivity index (χ2v) is 4.96. The molecule has 98 valence electrons. The highest BCUT2D eigenvalue weighted by Crippen LogP contribution is 2.29. The van der Waals surface area contributed by atoms with Crippen LogP contribution >= 0.6 is 11.6 Å². The van der Waals surface area contributed by atoms with Crippen molar-refractivity contribution in [1.29, 1.82) is 0 Å². The maximum absolute atomic E-state index is 11.2. The quantitative estimate of drug-likeness (QED) is 0.912. The minimum Gasteiger partial charge on any atom is -0.478 e. The number of carbonyl (C=O) groups is 1. The Bertz CT molecular complexity index is 450. The molecule has 1 aromatic carbocycles. The zero-order valence-electron chi connectivity index (χ0n) is 10.2. The topological polar surface area (TPSA) is 49.8 Å². The highest BCUT2D eigenvalue weighted by atomic mass is 35.5. The predicted molar refractivity (Wildman–Crippen MR) is 70.6 cm³/mol. The van der Waals surface area contributed by atoms with Crippen LogP contribution in [0.2, 0.25) is 5.02 Å². The Kier molecular flexibility index (Phi) is 4.09. The summed E-state index contributed by atoms with van der Waals surface area (Å²) in [5, 5.41) is 9.75. The number of rotatable bonds is 4. The predicted octanol–water partition coefficient (Wildman–Crippen LogP) is 2.51. The Morgan fingerprint density at radius 2 is 2.39 bits per heavy atom. The van der Waals surface area contributed by atoms with Crippen LogP contribution in [0.3, 0.4) is 0 Å². The molecule has 1 unspecified atom stereocenters. The van der Waals surface area contributed by atoms with Crippen LogP contribution in [0.15, 0.2) is 18.2 Å². The maximum Gasteiger partial charge on any atom is 0.337 e. The van der Waals surface area contributed by atoms with Crippen molar-refractivity contribution in [2.45, 2.75) is 6.42 Å². The molecule has 0 radical (unpaired) electrons. The molecule has 1 aliphatic rings. The number of anilines is 1. The molecule has 4 nitrogen and oxygen atoms in total. The number of carboxylic acid groups (broad SMARTS) is 1. The largest absolute Gasteiger partial charge is 0.478 e. The van der Waals surface area contributed by atoms with Gasteiger partial charge < -0.3 is 14.7 Å². The van der Waals surface area contributed by atoms with Crippen molar-refractivity contribution >= 4 is 23.3 Å². The summed E-state index contributed by atoms with van der Waals surface area (Å²) in [4.78, 5) is 13.3. The minimum absolute atomic E-state index is 0.303.